The van der Waals surface area contributed by atoms with Gasteiger partial charge in [-0.15, -0.1) is 0 Å². The summed E-state index contributed by atoms with van der Waals surface area (Å²) < 4.78 is 21.1. The van der Waals surface area contributed by atoms with Gasteiger partial charge in [-0.3, -0.25) is 0 Å². The minimum Gasteiger partial charge on any atom is -0.490 e. The van der Waals surface area contributed by atoms with Gasteiger partial charge in [-0.25, -0.2) is 9.97 Å². The molecule has 1 aliphatic rings. The normalized spacial score (nSPS) is 16.7. The highest BCUT2D eigenvalue weighted by molar-refractivity contribution is 14.1. The molecule has 0 radical (unpaired) electrons. The number of para-hydroxylation sites is 1. The minimum atomic E-state index is -0.720. The molecule has 0 saturated carbocycles. The molecule has 0 spiro atoms. The number of hydrogen-bond donors (Lipinski definition) is 1. The Morgan fingerprint density at radius 3 is 2.70 bits per heavy atom. The van der Waals surface area contributed by atoms with Gasteiger partial charge in [0.1, 0.15) is 17.8 Å². The van der Waals surface area contributed by atoms with Crippen molar-refractivity contribution in [3.63, 3.8) is 0 Å². The van der Waals surface area contributed by atoms with Crippen molar-refractivity contribution in [1.82, 2.24) is 15.0 Å². The van der Waals surface area contributed by atoms with Crippen LogP contribution in [0.1, 0.15) is 22.8 Å². The van der Waals surface area contributed by atoms with Crippen LogP contribution in [-0.4, -0.2) is 21.6 Å². The maximum atomic E-state index is 6.38. The van der Waals surface area contributed by atoms with E-state index in [0.29, 0.717) is 35.6 Å². The number of halogens is 2. The number of aromatic amines is 1. The lowest BCUT2D eigenvalue weighted by molar-refractivity contribution is 0.287. The summed E-state index contributed by atoms with van der Waals surface area (Å²) in [7, 11) is 0. The second-order valence-electron chi connectivity index (χ2n) is 8.98. The van der Waals surface area contributed by atoms with Crippen molar-refractivity contribution in [1.29, 1.82) is 0 Å². The van der Waals surface area contributed by atoms with E-state index in [4.69, 9.17) is 18.6 Å². The summed E-state index contributed by atoms with van der Waals surface area (Å²) in [6, 6.07) is 22.5. The van der Waals surface area contributed by atoms with Crippen LogP contribution in [0, 0.1) is 10.5 Å². The second kappa shape index (κ2) is 8.59. The molecule has 1 aliphatic heterocycles. The largest absolute Gasteiger partial charge is 0.490 e. The predicted molar refractivity (Wildman–Crippen MR) is 153 cm³/mol. The molecule has 37 heavy (non-hydrogen) atoms. The first kappa shape index (κ1) is 22.8. The van der Waals surface area contributed by atoms with Crippen molar-refractivity contribution in [3.8, 4) is 28.7 Å². The van der Waals surface area contributed by atoms with Crippen molar-refractivity contribution in [3.05, 3.63) is 110 Å². The number of hydrogen-bond acceptors (Lipinski definition) is 5. The highest BCUT2D eigenvalue weighted by Gasteiger charge is 2.50. The smallest absolute Gasteiger partial charge is 0.249 e. The van der Waals surface area contributed by atoms with E-state index < -0.39 is 5.41 Å². The number of aromatic nitrogens is 3. The van der Waals surface area contributed by atoms with Crippen LogP contribution in [0.2, 0.25) is 0 Å². The van der Waals surface area contributed by atoms with E-state index in [1.807, 2.05) is 49.5 Å². The van der Waals surface area contributed by atoms with Crippen molar-refractivity contribution < 1.29 is 13.6 Å². The Kier molecular flexibility index (Phi) is 5.30. The number of ether oxygens (including phenoxy) is 1. The Bertz CT molecular complexity index is 1790. The van der Waals surface area contributed by atoms with Gasteiger partial charge in [0.25, 0.3) is 0 Å². The number of H-pyrrole nitrogens is 1. The van der Waals surface area contributed by atoms with E-state index in [9.17, 15) is 0 Å². The SMILES string of the molecule is Cc1nc(-c2ncc(-c3c[nH]c4cccc(I)c34)o2)c(C2(c3ccccc3)COc3c(Br)cccc32)o1. The number of nitrogens with zero attached hydrogens (tertiary/aromatic N) is 2. The minimum absolute atomic E-state index is 0.366. The maximum absolute atomic E-state index is 6.38. The number of fused-ring (bicyclic) bond motifs is 2. The molecule has 0 bridgehead atoms. The molecular formula is C29H19BrIN3O3. The number of rotatable bonds is 4. The fraction of sp³-hybridized carbons (Fsp3) is 0.103. The van der Waals surface area contributed by atoms with E-state index in [0.717, 1.165) is 41.4 Å². The van der Waals surface area contributed by atoms with Crippen LogP contribution in [0.4, 0.5) is 0 Å². The zero-order valence-corrected chi connectivity index (χ0v) is 23.3. The number of aryl methyl sites for hydroxylation is 1. The van der Waals surface area contributed by atoms with Crippen molar-refractivity contribution in [2.45, 2.75) is 12.3 Å². The average Bonchev–Trinajstić information content (AvgIpc) is 3.69. The molecule has 1 unspecified atom stereocenters. The van der Waals surface area contributed by atoms with Crippen LogP contribution in [0.3, 0.4) is 0 Å². The summed E-state index contributed by atoms with van der Waals surface area (Å²) in [5.74, 6) is 3.05. The summed E-state index contributed by atoms with van der Waals surface area (Å²) in [6.45, 7) is 2.21. The standard InChI is InChI=1S/C29H19BrIN3O3/c1-16-34-25(28-33-14-23(37-28)18-13-32-22-12-6-11-21(31)24(18)22)27(36-16)29(17-7-3-2-4-8-17)15-35-26-19(29)9-5-10-20(26)30/h2-14,32H,15H2,1H3. The molecule has 1 atom stereocenters. The monoisotopic (exact) mass is 663 g/mol. The summed E-state index contributed by atoms with van der Waals surface area (Å²) in [4.78, 5) is 12.8. The quantitative estimate of drug-likeness (QED) is 0.194. The Morgan fingerprint density at radius 1 is 1.00 bits per heavy atom. The Balaban J connectivity index is 1.43. The zero-order chi connectivity index (χ0) is 25.1. The van der Waals surface area contributed by atoms with E-state index in [1.165, 1.54) is 0 Å². The number of oxazole rings is 2. The summed E-state index contributed by atoms with van der Waals surface area (Å²) in [5, 5.41) is 1.10. The zero-order valence-electron chi connectivity index (χ0n) is 19.6. The van der Waals surface area contributed by atoms with Gasteiger partial charge in [0.2, 0.25) is 5.89 Å². The molecule has 3 aromatic heterocycles. The molecule has 4 heterocycles. The molecule has 0 fully saturated rings. The maximum Gasteiger partial charge on any atom is 0.249 e. The number of benzene rings is 3. The molecule has 0 aliphatic carbocycles. The van der Waals surface area contributed by atoms with Crippen LogP contribution in [0.25, 0.3) is 33.8 Å². The molecule has 182 valence electrons. The van der Waals surface area contributed by atoms with Gasteiger partial charge in [-0.2, -0.15) is 0 Å². The van der Waals surface area contributed by atoms with Crippen LogP contribution in [0.15, 0.2) is 92.4 Å². The van der Waals surface area contributed by atoms with Crippen LogP contribution in [0.5, 0.6) is 5.75 Å². The molecular weight excluding hydrogens is 645 g/mol. The Hall–Kier alpha value is -3.37. The van der Waals surface area contributed by atoms with Crippen LogP contribution < -0.4 is 4.74 Å². The fourth-order valence-electron chi connectivity index (χ4n) is 5.23. The average molecular weight is 664 g/mol. The van der Waals surface area contributed by atoms with Crippen molar-refractivity contribution in [2.75, 3.05) is 6.61 Å². The third-order valence-corrected chi connectivity index (χ3v) is 8.40. The van der Waals surface area contributed by atoms with Crippen molar-refractivity contribution >= 4 is 49.4 Å². The Labute approximate surface area is 234 Å². The first-order chi connectivity index (χ1) is 18.1. The van der Waals surface area contributed by atoms with Gasteiger partial charge in [0, 0.05) is 38.7 Å². The van der Waals surface area contributed by atoms with Crippen LogP contribution in [-0.2, 0) is 5.41 Å². The third kappa shape index (κ3) is 3.42. The highest BCUT2D eigenvalue weighted by Crippen LogP contribution is 2.52. The molecule has 6 nitrogen and oxygen atoms in total. The molecule has 1 N–H and O–H groups in total. The van der Waals surface area contributed by atoms with Gasteiger partial charge in [-0.1, -0.05) is 48.5 Å². The van der Waals surface area contributed by atoms with E-state index in [2.05, 4.69) is 78.8 Å². The summed E-state index contributed by atoms with van der Waals surface area (Å²) in [5.41, 5.74) is 3.90. The predicted octanol–water partition coefficient (Wildman–Crippen LogP) is 7.88. The van der Waals surface area contributed by atoms with Gasteiger partial charge >= 0.3 is 0 Å². The van der Waals surface area contributed by atoms with Gasteiger partial charge in [-0.05, 0) is 62.3 Å². The lowest BCUT2D eigenvalue weighted by Gasteiger charge is -2.27. The lowest BCUT2D eigenvalue weighted by atomic mass is 9.73. The lowest BCUT2D eigenvalue weighted by Crippen LogP contribution is -2.31. The van der Waals surface area contributed by atoms with Gasteiger partial charge in [0.15, 0.2) is 23.1 Å². The van der Waals surface area contributed by atoms with Gasteiger partial charge < -0.3 is 18.6 Å². The molecule has 8 heteroatoms. The number of nitrogens with one attached hydrogen (secondary N) is 1. The molecule has 6 aromatic rings. The fourth-order valence-corrected chi connectivity index (χ4v) is 6.50. The van der Waals surface area contributed by atoms with Crippen molar-refractivity contribution in [2.24, 2.45) is 0 Å². The first-order valence-electron chi connectivity index (χ1n) is 11.7. The molecule has 7 rings (SSSR count). The van der Waals surface area contributed by atoms with E-state index >= 15 is 0 Å². The molecule has 0 amide bonds. The van der Waals surface area contributed by atoms with Gasteiger partial charge in [0.05, 0.1) is 10.7 Å². The second-order valence-corrected chi connectivity index (χ2v) is 11.0. The topological polar surface area (TPSA) is 77.1 Å². The summed E-state index contributed by atoms with van der Waals surface area (Å²) >= 11 is 6.00. The molecule has 0 saturated heterocycles. The molecule has 3 aromatic carbocycles. The Morgan fingerprint density at radius 2 is 1.84 bits per heavy atom. The van der Waals surface area contributed by atoms with Crippen LogP contribution >= 0.6 is 38.5 Å². The third-order valence-electron chi connectivity index (χ3n) is 6.88. The van der Waals surface area contributed by atoms with E-state index in [-0.39, 0.29) is 0 Å². The first-order valence-corrected chi connectivity index (χ1v) is 13.6. The summed E-state index contributed by atoms with van der Waals surface area (Å²) in [6.07, 6.45) is 3.70. The van der Waals surface area contributed by atoms with E-state index in [1.54, 1.807) is 6.20 Å². The highest BCUT2D eigenvalue weighted by atomic mass is 127.